The van der Waals surface area contributed by atoms with E-state index >= 15 is 0 Å². The zero-order valence-corrected chi connectivity index (χ0v) is 15.9. The van der Waals surface area contributed by atoms with Crippen LogP contribution in [0.2, 0.25) is 0 Å². The van der Waals surface area contributed by atoms with Crippen LogP contribution in [0, 0.1) is 6.92 Å². The molecule has 0 radical (unpaired) electrons. The fraction of sp³-hybridized carbons (Fsp3) is 0.318. The van der Waals surface area contributed by atoms with Gasteiger partial charge in [0.25, 0.3) is 0 Å². The van der Waals surface area contributed by atoms with Crippen molar-refractivity contribution in [1.82, 2.24) is 14.5 Å². The lowest BCUT2D eigenvalue weighted by molar-refractivity contribution is 0.312. The van der Waals surface area contributed by atoms with E-state index in [4.69, 9.17) is 4.74 Å². The van der Waals surface area contributed by atoms with E-state index in [1.54, 1.807) is 7.11 Å². The first-order valence-electron chi connectivity index (χ1n) is 9.06. The molecule has 1 aromatic carbocycles. The molecule has 4 nitrogen and oxygen atoms in total. The van der Waals surface area contributed by atoms with Crippen molar-refractivity contribution in [2.45, 2.75) is 26.8 Å². The Morgan fingerprint density at radius 2 is 2.08 bits per heavy atom. The number of benzene rings is 1. The summed E-state index contributed by atoms with van der Waals surface area (Å²) in [6.45, 7) is 6.42. The highest BCUT2D eigenvalue weighted by Crippen LogP contribution is 2.32. The van der Waals surface area contributed by atoms with E-state index in [-0.39, 0.29) is 0 Å². The lowest BCUT2D eigenvalue weighted by Gasteiger charge is -2.23. The van der Waals surface area contributed by atoms with Crippen molar-refractivity contribution in [2.24, 2.45) is 0 Å². The molecule has 0 fully saturated rings. The fourth-order valence-corrected chi connectivity index (χ4v) is 3.79. The summed E-state index contributed by atoms with van der Waals surface area (Å²) in [7, 11) is 3.84. The number of aryl methyl sites for hydroxylation is 1. The minimum absolute atomic E-state index is 0.642. The molecule has 3 aromatic rings. The average Bonchev–Trinajstić information content (AvgIpc) is 2.94. The van der Waals surface area contributed by atoms with Crippen LogP contribution in [0.3, 0.4) is 0 Å². The third-order valence-corrected chi connectivity index (χ3v) is 5.26. The second kappa shape index (κ2) is 6.61. The Labute approximate surface area is 154 Å². The standard InChI is InChI=1S/C22H25N3O/c1-15-5-7-20-18(11-15)19-14-24(3)10-9-21(19)25(20)13-16(2)17-6-8-22(26-4)23-12-17/h5-8,11-13H,9-10,14H2,1-4H3. The molecule has 4 rings (SSSR count). The lowest BCUT2D eigenvalue weighted by Crippen LogP contribution is -2.26. The van der Waals surface area contributed by atoms with Gasteiger partial charge in [0.05, 0.1) is 12.6 Å². The number of methoxy groups -OCH3 is 1. The molecule has 2 aromatic heterocycles. The zero-order valence-electron chi connectivity index (χ0n) is 15.9. The average molecular weight is 347 g/mol. The van der Waals surface area contributed by atoms with Gasteiger partial charge in [0.15, 0.2) is 0 Å². The zero-order chi connectivity index (χ0) is 18.3. The minimum Gasteiger partial charge on any atom is -0.481 e. The summed E-state index contributed by atoms with van der Waals surface area (Å²) in [5.41, 5.74) is 7.81. The maximum atomic E-state index is 5.17. The maximum absolute atomic E-state index is 5.17. The predicted octanol–water partition coefficient (Wildman–Crippen LogP) is 4.36. The van der Waals surface area contributed by atoms with Gasteiger partial charge in [-0.05, 0) is 55.8 Å². The summed E-state index contributed by atoms with van der Waals surface area (Å²) in [5, 5.41) is 1.38. The number of nitrogens with zero attached hydrogens (tertiary/aromatic N) is 3. The molecule has 3 heterocycles. The second-order valence-corrected chi connectivity index (χ2v) is 7.20. The van der Waals surface area contributed by atoms with Crippen molar-refractivity contribution < 1.29 is 4.74 Å². The number of fused-ring (bicyclic) bond motifs is 3. The van der Waals surface area contributed by atoms with E-state index in [1.807, 2.05) is 12.3 Å². The van der Waals surface area contributed by atoms with Gasteiger partial charge in [0.2, 0.25) is 5.88 Å². The Hall–Kier alpha value is -2.59. The van der Waals surface area contributed by atoms with Crippen LogP contribution in [0.4, 0.5) is 0 Å². The summed E-state index contributed by atoms with van der Waals surface area (Å²) in [4.78, 5) is 6.74. The van der Waals surface area contributed by atoms with Crippen molar-refractivity contribution in [3.63, 3.8) is 0 Å². The molecule has 1 aliphatic heterocycles. The minimum atomic E-state index is 0.642. The smallest absolute Gasteiger partial charge is 0.212 e. The molecule has 0 saturated heterocycles. The number of likely N-dealkylation sites (N-methyl/N-ethyl adjacent to an activating group) is 1. The normalized spacial score (nSPS) is 15.3. The number of allylic oxidation sites excluding steroid dienone is 1. The molecule has 0 saturated carbocycles. The van der Waals surface area contributed by atoms with Crippen LogP contribution in [0.5, 0.6) is 5.88 Å². The van der Waals surface area contributed by atoms with Crippen LogP contribution >= 0.6 is 0 Å². The van der Waals surface area contributed by atoms with Crippen molar-refractivity contribution in [1.29, 1.82) is 0 Å². The molecule has 0 N–H and O–H groups in total. The first-order chi connectivity index (χ1) is 12.6. The van der Waals surface area contributed by atoms with Gasteiger partial charge in [-0.1, -0.05) is 11.6 Å². The van der Waals surface area contributed by atoms with E-state index in [0.29, 0.717) is 5.88 Å². The number of aromatic nitrogens is 2. The van der Waals surface area contributed by atoms with Gasteiger partial charge in [-0.15, -0.1) is 0 Å². The van der Waals surface area contributed by atoms with Crippen molar-refractivity contribution in [3.8, 4) is 5.88 Å². The topological polar surface area (TPSA) is 30.3 Å². The number of ether oxygens (including phenoxy) is 1. The Balaban J connectivity index is 1.85. The van der Waals surface area contributed by atoms with Gasteiger partial charge < -0.3 is 14.2 Å². The van der Waals surface area contributed by atoms with Gasteiger partial charge in [-0.3, -0.25) is 0 Å². The van der Waals surface area contributed by atoms with Gasteiger partial charge in [0, 0.05) is 49.1 Å². The van der Waals surface area contributed by atoms with Crippen LogP contribution in [-0.4, -0.2) is 35.2 Å². The number of hydrogen-bond acceptors (Lipinski definition) is 3. The van der Waals surface area contributed by atoms with Crippen molar-refractivity contribution >= 4 is 22.7 Å². The lowest BCUT2D eigenvalue weighted by atomic mass is 10.0. The quantitative estimate of drug-likeness (QED) is 0.705. The number of pyridine rings is 1. The highest BCUT2D eigenvalue weighted by molar-refractivity contribution is 5.90. The molecule has 134 valence electrons. The molecule has 0 atom stereocenters. The second-order valence-electron chi connectivity index (χ2n) is 7.20. The van der Waals surface area contributed by atoms with Crippen LogP contribution in [0.1, 0.15) is 29.3 Å². The maximum Gasteiger partial charge on any atom is 0.212 e. The van der Waals surface area contributed by atoms with Gasteiger partial charge in [-0.2, -0.15) is 0 Å². The van der Waals surface area contributed by atoms with Crippen LogP contribution in [-0.2, 0) is 13.0 Å². The van der Waals surface area contributed by atoms with Gasteiger partial charge in [0.1, 0.15) is 0 Å². The molecule has 0 aliphatic carbocycles. The summed E-state index contributed by atoms with van der Waals surface area (Å²) in [5.74, 6) is 0.642. The molecule has 0 bridgehead atoms. The number of rotatable bonds is 3. The summed E-state index contributed by atoms with van der Waals surface area (Å²) >= 11 is 0. The van der Waals surface area contributed by atoms with E-state index in [2.05, 4.69) is 65.8 Å². The molecule has 0 unspecified atom stereocenters. The monoisotopic (exact) mass is 347 g/mol. The first kappa shape index (κ1) is 16.9. The van der Waals surface area contributed by atoms with Crippen LogP contribution in [0.15, 0.2) is 36.5 Å². The van der Waals surface area contributed by atoms with Crippen molar-refractivity contribution in [2.75, 3.05) is 20.7 Å². The third kappa shape index (κ3) is 2.90. The molecule has 4 heteroatoms. The van der Waals surface area contributed by atoms with Crippen molar-refractivity contribution in [3.05, 3.63) is 58.9 Å². The largest absolute Gasteiger partial charge is 0.481 e. The van der Waals surface area contributed by atoms with Gasteiger partial charge >= 0.3 is 0 Å². The Bertz CT molecular complexity index is 983. The fourth-order valence-electron chi connectivity index (χ4n) is 3.79. The van der Waals surface area contributed by atoms with E-state index in [1.165, 1.54) is 33.3 Å². The Morgan fingerprint density at radius 1 is 1.23 bits per heavy atom. The van der Waals surface area contributed by atoms with Crippen LogP contribution in [0.25, 0.3) is 22.7 Å². The van der Waals surface area contributed by atoms with E-state index in [0.717, 1.165) is 25.1 Å². The molecular formula is C22H25N3O. The molecular weight excluding hydrogens is 322 g/mol. The van der Waals surface area contributed by atoms with Crippen LogP contribution < -0.4 is 4.74 Å². The highest BCUT2D eigenvalue weighted by atomic mass is 16.5. The molecule has 1 aliphatic rings. The highest BCUT2D eigenvalue weighted by Gasteiger charge is 2.21. The summed E-state index contributed by atoms with van der Waals surface area (Å²) < 4.78 is 7.55. The third-order valence-electron chi connectivity index (χ3n) is 5.26. The van der Waals surface area contributed by atoms with E-state index in [9.17, 15) is 0 Å². The summed E-state index contributed by atoms with van der Waals surface area (Å²) in [6, 6.07) is 10.7. The van der Waals surface area contributed by atoms with E-state index < -0.39 is 0 Å². The molecule has 0 spiro atoms. The molecule has 26 heavy (non-hydrogen) atoms. The predicted molar refractivity (Wildman–Crippen MR) is 107 cm³/mol. The Morgan fingerprint density at radius 3 is 2.81 bits per heavy atom. The summed E-state index contributed by atoms with van der Waals surface area (Å²) in [6.07, 6.45) is 5.20. The Kier molecular flexibility index (Phi) is 4.29. The number of hydrogen-bond donors (Lipinski definition) is 0. The SMILES string of the molecule is COc1ccc(C(C)=Cn2c3c(c4cc(C)ccc42)CN(C)CC3)cn1. The first-order valence-corrected chi connectivity index (χ1v) is 9.06. The van der Waals surface area contributed by atoms with Gasteiger partial charge in [-0.25, -0.2) is 4.98 Å². The molecule has 0 amide bonds.